The Balaban J connectivity index is 1.37. The molecule has 0 saturated carbocycles. The summed E-state index contributed by atoms with van der Waals surface area (Å²) in [6.07, 6.45) is 0. The van der Waals surface area contributed by atoms with Crippen molar-refractivity contribution in [1.82, 2.24) is 4.90 Å². The van der Waals surface area contributed by atoms with Crippen molar-refractivity contribution in [2.45, 2.75) is 20.8 Å². The van der Waals surface area contributed by atoms with Crippen LogP contribution in [0.4, 0.5) is 15.8 Å². The number of aryl methyl sites for hydroxylation is 2. The van der Waals surface area contributed by atoms with E-state index in [-0.39, 0.29) is 18.3 Å². The molecule has 0 unspecified atom stereocenters. The average Bonchev–Trinajstić information content (AvgIpc) is 2.90. The van der Waals surface area contributed by atoms with Gasteiger partial charge < -0.3 is 24.6 Å². The molecule has 3 aromatic carbocycles. The van der Waals surface area contributed by atoms with Crippen LogP contribution in [-0.4, -0.2) is 55.2 Å². The maximum atomic E-state index is 14.2. The number of para-hydroxylation sites is 1. The fraction of sp³-hybridized carbons (Fsp3) is 0.310. The van der Waals surface area contributed by atoms with Crippen LogP contribution >= 0.6 is 12.2 Å². The molecule has 194 valence electrons. The number of thiocarbonyl (C=S) groups is 1. The van der Waals surface area contributed by atoms with E-state index in [0.29, 0.717) is 55.0 Å². The van der Waals surface area contributed by atoms with Gasteiger partial charge in [0, 0.05) is 37.4 Å². The van der Waals surface area contributed by atoms with Crippen molar-refractivity contribution >= 4 is 34.5 Å². The lowest BCUT2D eigenvalue weighted by Gasteiger charge is -2.37. The summed E-state index contributed by atoms with van der Waals surface area (Å²) in [7, 11) is 0. The first-order valence-electron chi connectivity index (χ1n) is 12.4. The lowest BCUT2D eigenvalue weighted by Crippen LogP contribution is -2.48. The molecule has 8 heteroatoms. The van der Waals surface area contributed by atoms with Gasteiger partial charge >= 0.3 is 0 Å². The second-order valence-electron chi connectivity index (χ2n) is 8.96. The third kappa shape index (κ3) is 6.57. The number of carbonyl (C=O) groups excluding carboxylic acids is 1. The standard InChI is InChI=1S/C29H32FN3O3S/c1-4-35-27-18-22(29(37)33-15-13-32(14-16-33)25-8-6-5-7-24(25)30)10-12-26(27)36-19-28(34)31-23-11-9-20(2)21(3)17-23/h5-12,17-18H,4,13-16,19H2,1-3H3,(H,31,34). The van der Waals surface area contributed by atoms with E-state index in [0.717, 1.165) is 16.8 Å². The van der Waals surface area contributed by atoms with Gasteiger partial charge in [-0.1, -0.05) is 30.4 Å². The van der Waals surface area contributed by atoms with Gasteiger partial charge in [-0.15, -0.1) is 0 Å². The molecule has 1 fully saturated rings. The molecule has 1 N–H and O–H groups in total. The minimum atomic E-state index is -0.252. The number of halogens is 1. The van der Waals surface area contributed by atoms with Crippen LogP contribution in [0.15, 0.2) is 60.7 Å². The summed E-state index contributed by atoms with van der Waals surface area (Å²) in [5.74, 6) is 0.551. The van der Waals surface area contributed by atoms with Gasteiger partial charge in [0.05, 0.1) is 12.3 Å². The molecule has 1 saturated heterocycles. The number of carbonyl (C=O) groups is 1. The number of hydrogen-bond acceptors (Lipinski definition) is 5. The van der Waals surface area contributed by atoms with Crippen LogP contribution in [0.5, 0.6) is 11.5 Å². The zero-order valence-electron chi connectivity index (χ0n) is 21.4. The Kier molecular flexibility index (Phi) is 8.61. The van der Waals surface area contributed by atoms with Crippen molar-refractivity contribution in [2.75, 3.05) is 49.6 Å². The molecule has 0 bridgehead atoms. The van der Waals surface area contributed by atoms with Gasteiger partial charge in [0.2, 0.25) is 0 Å². The van der Waals surface area contributed by atoms with Crippen LogP contribution in [0.2, 0.25) is 0 Å². The highest BCUT2D eigenvalue weighted by atomic mass is 32.1. The molecule has 4 rings (SSSR count). The SMILES string of the molecule is CCOc1cc(C(=S)N2CCN(c3ccccc3F)CC2)ccc1OCC(=O)Nc1ccc(C)c(C)c1. The quantitative estimate of drug-likeness (QED) is 0.403. The highest BCUT2D eigenvalue weighted by Gasteiger charge is 2.22. The fourth-order valence-corrected chi connectivity index (χ4v) is 4.54. The Bertz CT molecular complexity index is 1280. The van der Waals surface area contributed by atoms with Crippen molar-refractivity contribution in [3.8, 4) is 11.5 Å². The fourth-order valence-electron chi connectivity index (χ4n) is 4.23. The maximum absolute atomic E-state index is 14.2. The number of piperazine rings is 1. The van der Waals surface area contributed by atoms with Gasteiger partial charge in [-0.3, -0.25) is 4.79 Å². The van der Waals surface area contributed by atoms with Crippen LogP contribution in [0, 0.1) is 19.7 Å². The van der Waals surface area contributed by atoms with Crippen molar-refractivity contribution < 1.29 is 18.7 Å². The van der Waals surface area contributed by atoms with Crippen molar-refractivity contribution in [2.24, 2.45) is 0 Å². The van der Waals surface area contributed by atoms with Crippen molar-refractivity contribution in [3.63, 3.8) is 0 Å². The Morgan fingerprint density at radius 1 is 0.946 bits per heavy atom. The highest BCUT2D eigenvalue weighted by molar-refractivity contribution is 7.80. The third-order valence-corrected chi connectivity index (χ3v) is 6.89. The third-order valence-electron chi connectivity index (χ3n) is 6.40. The molecule has 3 aromatic rings. The molecule has 1 aliphatic heterocycles. The topological polar surface area (TPSA) is 54.0 Å². The Labute approximate surface area is 223 Å². The molecule has 1 amide bonds. The van der Waals surface area contributed by atoms with Gasteiger partial charge in [-0.05, 0) is 74.4 Å². The first-order chi connectivity index (χ1) is 17.9. The summed E-state index contributed by atoms with van der Waals surface area (Å²) in [5.41, 5.74) is 4.47. The zero-order valence-corrected chi connectivity index (χ0v) is 22.2. The van der Waals surface area contributed by atoms with E-state index in [2.05, 4.69) is 10.2 Å². The van der Waals surface area contributed by atoms with Gasteiger partial charge in [0.25, 0.3) is 5.91 Å². The molecule has 37 heavy (non-hydrogen) atoms. The summed E-state index contributed by atoms with van der Waals surface area (Å²) in [4.78, 5) is 17.3. The normalized spacial score (nSPS) is 13.3. The average molecular weight is 522 g/mol. The second kappa shape index (κ2) is 12.1. The monoisotopic (exact) mass is 521 g/mol. The van der Waals surface area contributed by atoms with E-state index in [4.69, 9.17) is 21.7 Å². The van der Waals surface area contributed by atoms with Gasteiger partial charge in [0.15, 0.2) is 18.1 Å². The molecule has 0 spiro atoms. The number of nitrogens with zero attached hydrogens (tertiary/aromatic N) is 2. The summed E-state index contributed by atoms with van der Waals surface area (Å²) in [5, 5.41) is 2.86. The van der Waals surface area contributed by atoms with E-state index in [9.17, 15) is 9.18 Å². The number of ether oxygens (including phenoxy) is 2. The molecule has 0 aromatic heterocycles. The summed E-state index contributed by atoms with van der Waals surface area (Å²) >= 11 is 5.78. The van der Waals surface area contributed by atoms with E-state index in [1.54, 1.807) is 18.2 Å². The summed E-state index contributed by atoms with van der Waals surface area (Å²) in [6, 6.07) is 18.1. The highest BCUT2D eigenvalue weighted by Crippen LogP contribution is 2.30. The van der Waals surface area contributed by atoms with Crippen LogP contribution < -0.4 is 19.7 Å². The van der Waals surface area contributed by atoms with E-state index in [1.807, 2.05) is 62.1 Å². The molecule has 0 aliphatic carbocycles. The number of anilines is 2. The van der Waals surface area contributed by atoms with Crippen molar-refractivity contribution in [3.05, 3.63) is 83.2 Å². The Morgan fingerprint density at radius 2 is 1.70 bits per heavy atom. The molecule has 1 aliphatic rings. The number of amides is 1. The second-order valence-corrected chi connectivity index (χ2v) is 9.35. The Morgan fingerprint density at radius 3 is 2.41 bits per heavy atom. The van der Waals surface area contributed by atoms with Crippen LogP contribution in [0.3, 0.4) is 0 Å². The maximum Gasteiger partial charge on any atom is 0.262 e. The first-order valence-corrected chi connectivity index (χ1v) is 12.8. The predicted molar refractivity (Wildman–Crippen MR) is 150 cm³/mol. The van der Waals surface area contributed by atoms with Gasteiger partial charge in [-0.2, -0.15) is 0 Å². The molecule has 1 heterocycles. The lowest BCUT2D eigenvalue weighted by atomic mass is 10.1. The predicted octanol–water partition coefficient (Wildman–Crippen LogP) is 5.36. The minimum absolute atomic E-state index is 0.144. The molecule has 0 atom stereocenters. The van der Waals surface area contributed by atoms with E-state index >= 15 is 0 Å². The van der Waals surface area contributed by atoms with Crippen molar-refractivity contribution in [1.29, 1.82) is 0 Å². The minimum Gasteiger partial charge on any atom is -0.490 e. The van der Waals surface area contributed by atoms with E-state index in [1.165, 1.54) is 11.6 Å². The molecule has 6 nitrogen and oxygen atoms in total. The number of hydrogen-bond donors (Lipinski definition) is 1. The molecular formula is C29H32FN3O3S. The van der Waals surface area contributed by atoms with Gasteiger partial charge in [0.1, 0.15) is 10.8 Å². The smallest absolute Gasteiger partial charge is 0.262 e. The van der Waals surface area contributed by atoms with E-state index < -0.39 is 0 Å². The lowest BCUT2D eigenvalue weighted by molar-refractivity contribution is -0.118. The largest absolute Gasteiger partial charge is 0.490 e. The van der Waals surface area contributed by atoms with Crippen LogP contribution in [-0.2, 0) is 4.79 Å². The molecule has 0 radical (unpaired) electrons. The number of benzene rings is 3. The summed E-state index contributed by atoms with van der Waals surface area (Å²) in [6.45, 7) is 8.96. The Hall–Kier alpha value is -3.65. The zero-order chi connectivity index (χ0) is 26.4. The van der Waals surface area contributed by atoms with Crippen LogP contribution in [0.1, 0.15) is 23.6 Å². The first kappa shape index (κ1) is 26.4. The van der Waals surface area contributed by atoms with Crippen LogP contribution in [0.25, 0.3) is 0 Å². The number of rotatable bonds is 8. The summed E-state index contributed by atoms with van der Waals surface area (Å²) < 4.78 is 25.8. The van der Waals surface area contributed by atoms with Gasteiger partial charge in [-0.25, -0.2) is 4.39 Å². The molecular weight excluding hydrogens is 489 g/mol. The number of nitrogens with one attached hydrogen (secondary N) is 1.